The number of benzene rings is 1. The number of piperidine rings is 1. The Balaban J connectivity index is 1.32. The summed E-state index contributed by atoms with van der Waals surface area (Å²) in [7, 11) is 0. The molecule has 0 aliphatic carbocycles. The molecule has 0 unspecified atom stereocenters. The third kappa shape index (κ3) is 3.45. The maximum atomic E-state index is 13.0. The maximum Gasteiger partial charge on any atom is 0.251 e. The first kappa shape index (κ1) is 18.3. The first-order chi connectivity index (χ1) is 13.0. The van der Waals surface area contributed by atoms with Crippen molar-refractivity contribution >= 4 is 29.5 Å². The summed E-state index contributed by atoms with van der Waals surface area (Å²) in [6, 6.07) is 8.94. The van der Waals surface area contributed by atoms with E-state index < -0.39 is 0 Å². The predicted molar refractivity (Wildman–Crippen MR) is 104 cm³/mol. The lowest BCUT2D eigenvalue weighted by molar-refractivity contribution is -0.144. The fourth-order valence-corrected chi connectivity index (χ4v) is 5.74. The molecule has 0 saturated carbocycles. The summed E-state index contributed by atoms with van der Waals surface area (Å²) < 4.78 is 0. The Hall–Kier alpha value is -2.02. The molecule has 1 aromatic carbocycles. The second-order valence-electron chi connectivity index (χ2n) is 7.70. The molecule has 7 heteroatoms. The molecule has 4 rings (SSSR count). The molecule has 2 atom stereocenters. The average molecular weight is 388 g/mol. The van der Waals surface area contributed by atoms with Gasteiger partial charge in [0.15, 0.2) is 0 Å². The smallest absolute Gasteiger partial charge is 0.251 e. The van der Waals surface area contributed by atoms with Crippen molar-refractivity contribution in [2.45, 2.75) is 49.6 Å². The predicted octanol–water partition coefficient (Wildman–Crippen LogP) is 1.86. The van der Waals surface area contributed by atoms with E-state index in [2.05, 4.69) is 12.2 Å². The molecule has 3 aliphatic rings. The fraction of sp³-hybridized carbons (Fsp3) is 0.550. The third-order valence-electron chi connectivity index (χ3n) is 5.91. The minimum atomic E-state index is -0.328. The number of likely N-dealkylation sites (tertiary alicyclic amines) is 1. The largest absolute Gasteiger partial charge is 0.349 e. The summed E-state index contributed by atoms with van der Waals surface area (Å²) in [5.74, 6) is 0.789. The Morgan fingerprint density at radius 3 is 2.59 bits per heavy atom. The van der Waals surface area contributed by atoms with E-state index in [1.165, 1.54) is 0 Å². The number of rotatable bonds is 3. The van der Waals surface area contributed by atoms with Gasteiger partial charge in [-0.2, -0.15) is 0 Å². The Morgan fingerprint density at radius 2 is 1.89 bits per heavy atom. The SMILES string of the molecule is C[C@@]12CCC(=O)N1[C@H](C(=O)N1CCC(NC(=O)c3ccccc3)CC1)CS2. The molecule has 1 aromatic rings. The van der Waals surface area contributed by atoms with E-state index in [0.717, 1.165) is 19.3 Å². The van der Waals surface area contributed by atoms with Gasteiger partial charge in [-0.05, 0) is 38.3 Å². The highest BCUT2D eigenvalue weighted by Gasteiger charge is 2.53. The molecule has 0 spiro atoms. The van der Waals surface area contributed by atoms with Gasteiger partial charge in [-0.3, -0.25) is 14.4 Å². The Labute approximate surface area is 163 Å². The number of fused-ring (bicyclic) bond motifs is 1. The highest BCUT2D eigenvalue weighted by atomic mass is 32.2. The maximum absolute atomic E-state index is 13.0. The van der Waals surface area contributed by atoms with Crippen LogP contribution in [-0.2, 0) is 9.59 Å². The van der Waals surface area contributed by atoms with Crippen LogP contribution in [0, 0.1) is 0 Å². The Bertz CT molecular complexity index is 748. The van der Waals surface area contributed by atoms with Crippen LogP contribution in [0.4, 0.5) is 0 Å². The second kappa shape index (κ2) is 7.19. The summed E-state index contributed by atoms with van der Waals surface area (Å²) in [6.07, 6.45) is 2.86. The van der Waals surface area contributed by atoms with E-state index in [4.69, 9.17) is 0 Å². The van der Waals surface area contributed by atoms with Crippen LogP contribution in [-0.4, -0.2) is 63.3 Å². The molecule has 144 valence electrons. The molecule has 3 fully saturated rings. The Kier molecular flexibility index (Phi) is 4.88. The van der Waals surface area contributed by atoms with Crippen LogP contribution in [0.3, 0.4) is 0 Å². The molecule has 6 nitrogen and oxygen atoms in total. The highest BCUT2D eigenvalue weighted by molar-refractivity contribution is 8.01. The number of carbonyl (C=O) groups is 3. The molecule has 3 heterocycles. The zero-order valence-electron chi connectivity index (χ0n) is 15.5. The van der Waals surface area contributed by atoms with Gasteiger partial charge in [-0.15, -0.1) is 11.8 Å². The molecular formula is C20H25N3O3S. The van der Waals surface area contributed by atoms with Crippen LogP contribution in [0.1, 0.15) is 43.0 Å². The molecule has 0 bridgehead atoms. The first-order valence-electron chi connectivity index (χ1n) is 9.59. The standard InChI is InChI=1S/C20H25N3O3S/c1-20-10-7-17(24)23(20)16(13-27-20)19(26)22-11-8-15(9-12-22)21-18(25)14-5-3-2-4-6-14/h2-6,15-16H,7-13H2,1H3,(H,21,25)/t16-,20+/m0/s1. The van der Waals surface area contributed by atoms with Gasteiger partial charge in [-0.1, -0.05) is 18.2 Å². The zero-order chi connectivity index (χ0) is 19.0. The number of hydrogen-bond donors (Lipinski definition) is 1. The molecule has 3 saturated heterocycles. The fourth-order valence-electron chi connectivity index (χ4n) is 4.32. The molecule has 0 aromatic heterocycles. The minimum absolute atomic E-state index is 0.0639. The monoisotopic (exact) mass is 387 g/mol. The van der Waals surface area contributed by atoms with Gasteiger partial charge in [0.05, 0.1) is 4.87 Å². The van der Waals surface area contributed by atoms with Crippen molar-refractivity contribution in [1.82, 2.24) is 15.1 Å². The minimum Gasteiger partial charge on any atom is -0.349 e. The molecule has 3 aliphatic heterocycles. The normalized spacial score (nSPS) is 28.3. The van der Waals surface area contributed by atoms with E-state index in [9.17, 15) is 14.4 Å². The molecule has 0 radical (unpaired) electrons. The molecule has 1 N–H and O–H groups in total. The van der Waals surface area contributed by atoms with Crippen molar-refractivity contribution in [2.24, 2.45) is 0 Å². The Morgan fingerprint density at radius 1 is 1.19 bits per heavy atom. The number of carbonyl (C=O) groups excluding carboxylic acids is 3. The zero-order valence-corrected chi connectivity index (χ0v) is 16.3. The van der Waals surface area contributed by atoms with Gasteiger partial charge in [0, 0.05) is 36.9 Å². The van der Waals surface area contributed by atoms with Crippen LogP contribution in [0.5, 0.6) is 0 Å². The van der Waals surface area contributed by atoms with Crippen molar-refractivity contribution in [3.05, 3.63) is 35.9 Å². The topological polar surface area (TPSA) is 69.7 Å². The van der Waals surface area contributed by atoms with Crippen molar-refractivity contribution in [3.8, 4) is 0 Å². The lowest BCUT2D eigenvalue weighted by atomic mass is 10.0. The molecular weight excluding hydrogens is 362 g/mol. The van der Waals surface area contributed by atoms with Gasteiger partial charge in [0.1, 0.15) is 6.04 Å². The van der Waals surface area contributed by atoms with E-state index in [0.29, 0.717) is 30.8 Å². The van der Waals surface area contributed by atoms with Crippen LogP contribution in [0.2, 0.25) is 0 Å². The highest BCUT2D eigenvalue weighted by Crippen LogP contribution is 2.47. The number of nitrogens with zero attached hydrogens (tertiary/aromatic N) is 2. The van der Waals surface area contributed by atoms with Gasteiger partial charge in [0.2, 0.25) is 11.8 Å². The lowest BCUT2D eigenvalue weighted by Crippen LogP contribution is -2.54. The van der Waals surface area contributed by atoms with Crippen molar-refractivity contribution in [1.29, 1.82) is 0 Å². The van der Waals surface area contributed by atoms with E-state index in [-0.39, 0.29) is 34.7 Å². The van der Waals surface area contributed by atoms with E-state index in [1.54, 1.807) is 23.9 Å². The summed E-state index contributed by atoms with van der Waals surface area (Å²) in [6.45, 7) is 3.32. The van der Waals surface area contributed by atoms with E-state index in [1.807, 2.05) is 28.0 Å². The average Bonchev–Trinajstić information content (AvgIpc) is 3.18. The number of amides is 3. The lowest BCUT2D eigenvalue weighted by Gasteiger charge is -2.36. The third-order valence-corrected chi connectivity index (χ3v) is 7.41. The summed E-state index contributed by atoms with van der Waals surface area (Å²) in [5, 5.41) is 3.07. The van der Waals surface area contributed by atoms with Gasteiger partial charge in [0.25, 0.3) is 5.91 Å². The first-order valence-corrected chi connectivity index (χ1v) is 10.6. The molecule has 27 heavy (non-hydrogen) atoms. The van der Waals surface area contributed by atoms with Crippen LogP contribution >= 0.6 is 11.8 Å². The number of hydrogen-bond acceptors (Lipinski definition) is 4. The van der Waals surface area contributed by atoms with E-state index >= 15 is 0 Å². The number of nitrogens with one attached hydrogen (secondary N) is 1. The second-order valence-corrected chi connectivity index (χ2v) is 9.21. The van der Waals surface area contributed by atoms with Crippen LogP contribution in [0.25, 0.3) is 0 Å². The van der Waals surface area contributed by atoms with Crippen LogP contribution < -0.4 is 5.32 Å². The molecule has 3 amide bonds. The summed E-state index contributed by atoms with van der Waals surface area (Å²) in [5.41, 5.74) is 0.658. The summed E-state index contributed by atoms with van der Waals surface area (Å²) in [4.78, 5) is 41.1. The van der Waals surface area contributed by atoms with Gasteiger partial charge >= 0.3 is 0 Å². The van der Waals surface area contributed by atoms with Crippen molar-refractivity contribution < 1.29 is 14.4 Å². The van der Waals surface area contributed by atoms with Crippen molar-refractivity contribution in [2.75, 3.05) is 18.8 Å². The quantitative estimate of drug-likeness (QED) is 0.860. The van der Waals surface area contributed by atoms with Gasteiger partial charge < -0.3 is 15.1 Å². The van der Waals surface area contributed by atoms with Crippen LogP contribution in [0.15, 0.2) is 30.3 Å². The van der Waals surface area contributed by atoms with Crippen molar-refractivity contribution in [3.63, 3.8) is 0 Å². The number of thioether (sulfide) groups is 1. The summed E-state index contributed by atoms with van der Waals surface area (Å²) >= 11 is 1.73. The van der Waals surface area contributed by atoms with Gasteiger partial charge in [-0.25, -0.2) is 0 Å².